The third-order valence-electron chi connectivity index (χ3n) is 3.15. The standard InChI is InChI=1S/C6H12N2.C6H6O6S2.Pt/c7-5-3-1-2-4-6(5)8;7-13(8,9)5-3-1-2-4-6(5)14(10,11)12;/h5-8H,1-4H2;1-4H,(H,7,8,9)(H,10,11,12);/q-2;;+4/p-2. The van der Waals surface area contributed by atoms with Gasteiger partial charge in [0, 0.05) is 0 Å². The van der Waals surface area contributed by atoms with Crippen LogP contribution < -0.4 is 0 Å². The van der Waals surface area contributed by atoms with E-state index in [4.69, 9.17) is 11.5 Å². The van der Waals surface area contributed by atoms with Gasteiger partial charge in [0.25, 0.3) is 0 Å². The van der Waals surface area contributed by atoms with Crippen molar-refractivity contribution in [3.8, 4) is 0 Å². The summed E-state index contributed by atoms with van der Waals surface area (Å²) in [4.78, 5) is -2.04. The average Bonchev–Trinajstić information content (AvgIpc) is 2.41. The molecule has 2 unspecified atom stereocenters. The van der Waals surface area contributed by atoms with E-state index in [0.29, 0.717) is 0 Å². The van der Waals surface area contributed by atoms with Gasteiger partial charge in [0.05, 0.1) is 9.79 Å². The SMILES string of the molecule is O=S(=O)([O-])c1ccccc1S(=O)(=O)[O-].[NH-]C1CCCCC1[NH-].[Pt+4]. The van der Waals surface area contributed by atoms with Crippen LogP contribution in [0.1, 0.15) is 25.7 Å². The minimum Gasteiger partial charge on any atom is -0.744 e. The van der Waals surface area contributed by atoms with Gasteiger partial charge < -0.3 is 20.6 Å². The van der Waals surface area contributed by atoms with Gasteiger partial charge in [0.15, 0.2) is 0 Å². The van der Waals surface area contributed by atoms with Crippen molar-refractivity contribution < 1.29 is 47.0 Å². The van der Waals surface area contributed by atoms with Crippen molar-refractivity contribution in [2.45, 2.75) is 47.6 Å². The first-order chi connectivity index (χ1) is 10.0. The molecular formula is C12H16N2O6PtS2. The molecule has 2 N–H and O–H groups in total. The Morgan fingerprint density at radius 2 is 1.13 bits per heavy atom. The van der Waals surface area contributed by atoms with E-state index < -0.39 is 30.0 Å². The Balaban J connectivity index is 0.000000460. The second kappa shape index (κ2) is 9.21. The number of hydrogen-bond acceptors (Lipinski definition) is 6. The van der Waals surface area contributed by atoms with E-state index >= 15 is 0 Å². The van der Waals surface area contributed by atoms with E-state index in [2.05, 4.69) is 0 Å². The molecule has 8 nitrogen and oxygen atoms in total. The quantitative estimate of drug-likeness (QED) is 0.518. The first-order valence-corrected chi connectivity index (χ1v) is 9.28. The van der Waals surface area contributed by atoms with Gasteiger partial charge in [-0.05, 0) is 12.1 Å². The molecule has 0 spiro atoms. The predicted octanol–water partition coefficient (Wildman–Crippen LogP) is 1.89. The number of benzene rings is 1. The minimum atomic E-state index is -4.95. The third-order valence-corrected chi connectivity index (χ3v) is 5.07. The van der Waals surface area contributed by atoms with E-state index in [1.165, 1.54) is 12.8 Å². The Bertz CT molecular complexity index is 647. The summed E-state index contributed by atoms with van der Waals surface area (Å²) in [5.41, 5.74) is 14.6. The fraction of sp³-hybridized carbons (Fsp3) is 0.500. The van der Waals surface area contributed by atoms with Crippen LogP contribution in [-0.4, -0.2) is 38.0 Å². The van der Waals surface area contributed by atoms with Crippen LogP contribution in [0.3, 0.4) is 0 Å². The average molecular weight is 543 g/mol. The molecule has 2 atom stereocenters. The van der Waals surface area contributed by atoms with Gasteiger partial charge in [-0.3, -0.25) is 0 Å². The van der Waals surface area contributed by atoms with Crippen molar-refractivity contribution in [2.24, 2.45) is 0 Å². The first kappa shape index (κ1) is 22.6. The monoisotopic (exact) mass is 543 g/mol. The zero-order valence-corrected chi connectivity index (χ0v) is 15.8. The molecule has 0 radical (unpaired) electrons. The number of nitrogens with one attached hydrogen (secondary N) is 2. The van der Waals surface area contributed by atoms with Crippen LogP contribution >= 0.6 is 0 Å². The van der Waals surface area contributed by atoms with Gasteiger partial charge in [-0.15, -0.1) is 0 Å². The topological polar surface area (TPSA) is 162 Å². The summed E-state index contributed by atoms with van der Waals surface area (Å²) < 4.78 is 63.2. The molecule has 0 bridgehead atoms. The van der Waals surface area contributed by atoms with Crippen LogP contribution in [0.5, 0.6) is 0 Å². The molecule has 1 aromatic carbocycles. The molecule has 1 saturated carbocycles. The van der Waals surface area contributed by atoms with Crippen LogP contribution in [0.15, 0.2) is 34.1 Å². The van der Waals surface area contributed by atoms with Crippen molar-refractivity contribution in [1.29, 1.82) is 0 Å². The summed E-state index contributed by atoms with van der Waals surface area (Å²) in [5.74, 6) is 0. The van der Waals surface area contributed by atoms with Gasteiger partial charge in [0.2, 0.25) is 0 Å². The summed E-state index contributed by atoms with van der Waals surface area (Å²) in [6.45, 7) is 0. The van der Waals surface area contributed by atoms with E-state index in [9.17, 15) is 25.9 Å². The number of hydrogen-bond donors (Lipinski definition) is 0. The van der Waals surface area contributed by atoms with Crippen LogP contribution in [0, 0.1) is 0 Å². The van der Waals surface area contributed by atoms with Crippen LogP contribution in [0.4, 0.5) is 0 Å². The van der Waals surface area contributed by atoms with Crippen LogP contribution in [-0.2, 0) is 41.3 Å². The van der Waals surface area contributed by atoms with Gasteiger partial charge in [-0.2, -0.15) is 12.1 Å². The molecule has 1 fully saturated rings. The summed E-state index contributed by atoms with van der Waals surface area (Å²) in [5, 5.41) is 0. The van der Waals surface area contributed by atoms with E-state index in [1.54, 1.807) is 0 Å². The molecule has 2 rings (SSSR count). The normalized spacial score (nSPS) is 21.6. The van der Waals surface area contributed by atoms with Crippen LogP contribution in [0.25, 0.3) is 11.5 Å². The Kier molecular flexibility index (Phi) is 9.07. The van der Waals surface area contributed by atoms with Crippen molar-refractivity contribution in [2.75, 3.05) is 0 Å². The van der Waals surface area contributed by atoms with E-state index in [1.807, 2.05) is 0 Å². The van der Waals surface area contributed by atoms with Crippen molar-refractivity contribution in [3.05, 3.63) is 35.7 Å². The summed E-state index contributed by atoms with van der Waals surface area (Å²) >= 11 is 0. The second-order valence-corrected chi connectivity index (χ2v) is 7.55. The van der Waals surface area contributed by atoms with Crippen molar-refractivity contribution in [1.82, 2.24) is 0 Å². The molecule has 0 amide bonds. The molecule has 0 aliphatic heterocycles. The van der Waals surface area contributed by atoms with Crippen molar-refractivity contribution in [3.63, 3.8) is 0 Å². The maximum Gasteiger partial charge on any atom is 4.00 e. The van der Waals surface area contributed by atoms with Gasteiger partial charge in [-0.1, -0.05) is 37.8 Å². The summed E-state index contributed by atoms with van der Waals surface area (Å²) in [6.07, 6.45) is 4.25. The Morgan fingerprint density at radius 1 is 0.826 bits per heavy atom. The second-order valence-electron chi connectivity index (χ2n) is 4.85. The molecule has 1 aromatic rings. The van der Waals surface area contributed by atoms with Crippen molar-refractivity contribution >= 4 is 20.2 Å². The fourth-order valence-corrected chi connectivity index (χ4v) is 3.73. The van der Waals surface area contributed by atoms with Gasteiger partial charge >= 0.3 is 21.1 Å². The van der Waals surface area contributed by atoms with E-state index in [-0.39, 0.29) is 33.1 Å². The first-order valence-electron chi connectivity index (χ1n) is 6.46. The zero-order chi connectivity index (χ0) is 17.0. The maximum atomic E-state index is 10.5. The van der Waals surface area contributed by atoms with E-state index in [0.717, 1.165) is 37.1 Å². The zero-order valence-electron chi connectivity index (χ0n) is 11.9. The fourth-order valence-electron chi connectivity index (χ4n) is 1.99. The van der Waals surface area contributed by atoms with Gasteiger partial charge in [0.1, 0.15) is 20.2 Å². The molecule has 1 aliphatic carbocycles. The summed E-state index contributed by atoms with van der Waals surface area (Å²) in [6, 6.07) is 3.69. The smallest absolute Gasteiger partial charge is 0.744 e. The minimum absolute atomic E-state index is 0. The Hall–Kier alpha value is -0.352. The largest absolute Gasteiger partial charge is 4.00 e. The van der Waals surface area contributed by atoms with Gasteiger partial charge in [-0.25, -0.2) is 16.8 Å². The molecule has 11 heteroatoms. The van der Waals surface area contributed by atoms with Crippen LogP contribution in [0.2, 0.25) is 0 Å². The molecule has 0 heterocycles. The molecular weight excluding hydrogens is 527 g/mol. The molecule has 0 saturated heterocycles. The summed E-state index contributed by atoms with van der Waals surface area (Å²) in [7, 11) is -9.89. The maximum absolute atomic E-state index is 10.5. The molecule has 23 heavy (non-hydrogen) atoms. The predicted molar refractivity (Wildman–Crippen MR) is 77.1 cm³/mol. The Labute approximate surface area is 150 Å². The molecule has 132 valence electrons. The third kappa shape index (κ3) is 7.38. The molecule has 0 aromatic heterocycles. The number of rotatable bonds is 2. The molecule has 1 aliphatic rings. The Morgan fingerprint density at radius 3 is 1.35 bits per heavy atom.